The van der Waals surface area contributed by atoms with E-state index in [1.165, 1.54) is 12.3 Å². The summed E-state index contributed by atoms with van der Waals surface area (Å²) < 4.78 is 33.9. The van der Waals surface area contributed by atoms with Gasteiger partial charge in [0.2, 0.25) is 0 Å². The molecule has 3 rings (SSSR count). The lowest BCUT2D eigenvalue weighted by Crippen LogP contribution is -2.39. The molecule has 0 amide bonds. The number of benzene rings is 1. The molecule has 1 saturated carbocycles. The Hall–Kier alpha value is -1.91. The van der Waals surface area contributed by atoms with E-state index in [2.05, 4.69) is 0 Å². The predicted octanol–water partition coefficient (Wildman–Crippen LogP) is 4.00. The number of carboxylic acid groups (broad SMARTS) is 1. The second-order valence-electron chi connectivity index (χ2n) is 5.33. The molecule has 1 aromatic carbocycles. The summed E-state index contributed by atoms with van der Waals surface area (Å²) in [6, 6.07) is 2.47. The largest absolute Gasteiger partial charge is 0.481 e. The molecule has 20 heavy (non-hydrogen) atoms. The first-order chi connectivity index (χ1) is 9.56. The molecule has 0 bridgehead atoms. The third kappa shape index (κ3) is 1.72. The zero-order chi connectivity index (χ0) is 14.3. The topological polar surface area (TPSA) is 50.4 Å². The molecule has 2 aromatic rings. The monoisotopic (exact) mass is 280 g/mol. The second-order valence-corrected chi connectivity index (χ2v) is 5.33. The van der Waals surface area contributed by atoms with Crippen molar-refractivity contribution in [1.82, 2.24) is 0 Å². The van der Waals surface area contributed by atoms with Crippen LogP contribution in [-0.4, -0.2) is 11.1 Å². The van der Waals surface area contributed by atoms with E-state index in [1.807, 2.05) is 0 Å². The quantitative estimate of drug-likeness (QED) is 0.904. The van der Waals surface area contributed by atoms with E-state index in [0.29, 0.717) is 12.8 Å². The summed E-state index contributed by atoms with van der Waals surface area (Å²) in [6.07, 6.45) is 4.01. The maximum absolute atomic E-state index is 14.6. The lowest BCUT2D eigenvalue weighted by Gasteiger charge is -2.34. The van der Waals surface area contributed by atoms with Crippen LogP contribution in [-0.2, 0) is 10.2 Å². The number of aliphatic carboxylic acids is 1. The Morgan fingerprint density at radius 3 is 2.60 bits per heavy atom. The normalized spacial score (nSPS) is 18.3. The molecule has 0 unspecified atom stereocenters. The highest BCUT2D eigenvalue weighted by molar-refractivity contribution is 5.86. The molecule has 1 aliphatic rings. The zero-order valence-corrected chi connectivity index (χ0v) is 10.8. The molecule has 1 heterocycles. The van der Waals surface area contributed by atoms with Crippen LogP contribution in [0.5, 0.6) is 0 Å². The Bertz CT molecular complexity index is 669. The smallest absolute Gasteiger partial charge is 0.314 e. The first kappa shape index (κ1) is 13.1. The average molecular weight is 280 g/mol. The van der Waals surface area contributed by atoms with Crippen LogP contribution in [0.4, 0.5) is 8.78 Å². The van der Waals surface area contributed by atoms with Gasteiger partial charge < -0.3 is 9.52 Å². The third-order valence-corrected chi connectivity index (χ3v) is 4.24. The molecule has 5 heteroatoms. The van der Waals surface area contributed by atoms with Crippen molar-refractivity contribution in [2.75, 3.05) is 0 Å². The molecule has 1 N–H and O–H groups in total. The van der Waals surface area contributed by atoms with Crippen LogP contribution in [0, 0.1) is 11.6 Å². The highest BCUT2D eigenvalue weighted by atomic mass is 19.1. The Morgan fingerprint density at radius 1 is 1.25 bits per heavy atom. The van der Waals surface area contributed by atoms with E-state index in [4.69, 9.17) is 4.42 Å². The summed E-state index contributed by atoms with van der Waals surface area (Å²) >= 11 is 0. The van der Waals surface area contributed by atoms with E-state index in [0.717, 1.165) is 12.5 Å². The van der Waals surface area contributed by atoms with Gasteiger partial charge in [-0.15, -0.1) is 0 Å². The van der Waals surface area contributed by atoms with E-state index in [1.54, 1.807) is 0 Å². The maximum Gasteiger partial charge on any atom is 0.314 e. The molecule has 1 aliphatic carbocycles. The Morgan fingerprint density at radius 2 is 1.95 bits per heavy atom. The van der Waals surface area contributed by atoms with Gasteiger partial charge in [-0.2, -0.15) is 0 Å². The fourth-order valence-corrected chi connectivity index (χ4v) is 3.21. The molecule has 1 fully saturated rings. The Kier molecular flexibility index (Phi) is 3.00. The van der Waals surface area contributed by atoms with Crippen molar-refractivity contribution in [3.8, 4) is 0 Å². The van der Waals surface area contributed by atoms with Gasteiger partial charge in [-0.3, -0.25) is 4.79 Å². The molecular weight excluding hydrogens is 266 g/mol. The van der Waals surface area contributed by atoms with Crippen molar-refractivity contribution < 1.29 is 23.1 Å². The van der Waals surface area contributed by atoms with Crippen LogP contribution in [0.1, 0.15) is 37.7 Å². The summed E-state index contributed by atoms with van der Waals surface area (Å²) in [5.41, 5.74) is -1.68. The highest BCUT2D eigenvalue weighted by Crippen LogP contribution is 2.43. The number of hydrogen-bond donors (Lipinski definition) is 1. The summed E-state index contributed by atoms with van der Waals surface area (Å²) in [6.45, 7) is 0. The van der Waals surface area contributed by atoms with E-state index < -0.39 is 23.0 Å². The van der Waals surface area contributed by atoms with E-state index in [-0.39, 0.29) is 29.4 Å². The zero-order valence-electron chi connectivity index (χ0n) is 10.8. The number of rotatable bonds is 2. The summed E-state index contributed by atoms with van der Waals surface area (Å²) in [5.74, 6) is -2.80. The van der Waals surface area contributed by atoms with Gasteiger partial charge in [0.15, 0.2) is 0 Å². The van der Waals surface area contributed by atoms with Gasteiger partial charge in [0.05, 0.1) is 17.1 Å². The van der Waals surface area contributed by atoms with Gasteiger partial charge in [-0.1, -0.05) is 19.3 Å². The van der Waals surface area contributed by atoms with Crippen LogP contribution in [0.25, 0.3) is 11.0 Å². The molecular formula is C15H14F2O3. The predicted molar refractivity (Wildman–Crippen MR) is 68.5 cm³/mol. The van der Waals surface area contributed by atoms with Crippen LogP contribution < -0.4 is 0 Å². The lowest BCUT2D eigenvalue weighted by molar-refractivity contribution is -0.145. The number of carbonyl (C=O) groups is 1. The molecule has 3 nitrogen and oxygen atoms in total. The molecule has 0 spiro atoms. The first-order valence-electron chi connectivity index (χ1n) is 6.65. The van der Waals surface area contributed by atoms with Gasteiger partial charge in [0.1, 0.15) is 17.2 Å². The van der Waals surface area contributed by atoms with Gasteiger partial charge in [0.25, 0.3) is 0 Å². The van der Waals surface area contributed by atoms with Crippen molar-refractivity contribution in [2.45, 2.75) is 37.5 Å². The SMILES string of the molecule is O=C(O)C1(c2c(F)cc3occc3c2F)CCCCC1. The van der Waals surface area contributed by atoms with E-state index >= 15 is 0 Å². The fraction of sp³-hybridized carbons (Fsp3) is 0.400. The number of furan rings is 1. The Labute approximate surface area is 114 Å². The number of fused-ring (bicyclic) bond motifs is 1. The third-order valence-electron chi connectivity index (χ3n) is 4.24. The van der Waals surface area contributed by atoms with Crippen molar-refractivity contribution in [3.63, 3.8) is 0 Å². The lowest BCUT2D eigenvalue weighted by atomic mass is 9.69. The van der Waals surface area contributed by atoms with E-state index in [9.17, 15) is 18.7 Å². The van der Waals surface area contributed by atoms with Gasteiger partial charge >= 0.3 is 5.97 Å². The Balaban J connectivity index is 2.28. The minimum absolute atomic E-state index is 0.0973. The molecule has 106 valence electrons. The van der Waals surface area contributed by atoms with Crippen LogP contribution in [0.15, 0.2) is 22.8 Å². The van der Waals surface area contributed by atoms with Crippen LogP contribution >= 0.6 is 0 Å². The number of carboxylic acids is 1. The molecule has 0 saturated heterocycles. The standard InChI is InChI=1S/C15H14F2O3/c16-10-8-11-9(4-7-20-11)13(17)12(10)15(14(18)19)5-2-1-3-6-15/h4,7-8H,1-3,5-6H2,(H,18,19). The highest BCUT2D eigenvalue weighted by Gasteiger charge is 2.45. The van der Waals surface area contributed by atoms with Gasteiger partial charge in [-0.05, 0) is 18.9 Å². The van der Waals surface area contributed by atoms with Gasteiger partial charge in [0, 0.05) is 11.6 Å². The number of halogens is 2. The average Bonchev–Trinajstić information content (AvgIpc) is 2.88. The second kappa shape index (κ2) is 4.58. The van der Waals surface area contributed by atoms with Crippen LogP contribution in [0.3, 0.4) is 0 Å². The van der Waals surface area contributed by atoms with Crippen LogP contribution in [0.2, 0.25) is 0 Å². The fourth-order valence-electron chi connectivity index (χ4n) is 3.21. The summed E-state index contributed by atoms with van der Waals surface area (Å²) in [7, 11) is 0. The minimum Gasteiger partial charge on any atom is -0.481 e. The molecule has 0 atom stereocenters. The van der Waals surface area contributed by atoms with Crippen molar-refractivity contribution in [1.29, 1.82) is 0 Å². The molecule has 0 radical (unpaired) electrons. The van der Waals surface area contributed by atoms with Crippen molar-refractivity contribution >= 4 is 16.9 Å². The summed E-state index contributed by atoms with van der Waals surface area (Å²) in [4.78, 5) is 11.7. The van der Waals surface area contributed by atoms with Crippen molar-refractivity contribution in [3.05, 3.63) is 35.6 Å². The van der Waals surface area contributed by atoms with Crippen molar-refractivity contribution in [2.24, 2.45) is 0 Å². The summed E-state index contributed by atoms with van der Waals surface area (Å²) in [5, 5.41) is 9.69. The maximum atomic E-state index is 14.6. The molecule has 0 aliphatic heterocycles. The number of hydrogen-bond acceptors (Lipinski definition) is 2. The van der Waals surface area contributed by atoms with Gasteiger partial charge in [-0.25, -0.2) is 8.78 Å². The minimum atomic E-state index is -1.46. The first-order valence-corrected chi connectivity index (χ1v) is 6.65. The molecule has 1 aromatic heterocycles.